The van der Waals surface area contributed by atoms with E-state index < -0.39 is 0 Å². The van der Waals surface area contributed by atoms with Crippen LogP contribution in [0.5, 0.6) is 0 Å². The van der Waals surface area contributed by atoms with Gasteiger partial charge in [-0.05, 0) is 19.4 Å². The van der Waals surface area contributed by atoms with Crippen LogP contribution < -0.4 is 5.32 Å². The van der Waals surface area contributed by atoms with E-state index in [2.05, 4.69) is 64.5 Å². The third kappa shape index (κ3) is 3.14. The molecule has 5 heteroatoms. The first-order chi connectivity index (χ1) is 10.2. The van der Waals surface area contributed by atoms with Crippen molar-refractivity contribution >= 4 is 0 Å². The molecule has 0 amide bonds. The Morgan fingerprint density at radius 1 is 1.38 bits per heavy atom. The highest BCUT2D eigenvalue weighted by atomic mass is 16.5. The summed E-state index contributed by atoms with van der Waals surface area (Å²) < 4.78 is 4.80. The highest BCUT2D eigenvalue weighted by Gasteiger charge is 2.35. The van der Waals surface area contributed by atoms with Crippen molar-refractivity contribution in [1.82, 2.24) is 20.4 Å². The summed E-state index contributed by atoms with van der Waals surface area (Å²) >= 11 is 0. The van der Waals surface area contributed by atoms with Gasteiger partial charge >= 0.3 is 0 Å². The predicted octanol–water partition coefficient (Wildman–Crippen LogP) is 1.82. The maximum atomic E-state index is 4.80. The standard InChI is InChI=1S/C16H22N4O/c1-13-10-18-16(2,14-6-4-3-5-7-14)11-20(13)9-8-15-17-12-21-19-15/h3-7,12-13,18H,8-11H2,1-2H3. The molecule has 21 heavy (non-hydrogen) atoms. The summed E-state index contributed by atoms with van der Waals surface area (Å²) in [6.45, 7) is 7.45. The van der Waals surface area contributed by atoms with Crippen LogP contribution in [-0.4, -0.2) is 40.7 Å². The molecule has 3 rings (SSSR count). The molecule has 1 saturated heterocycles. The molecule has 0 spiro atoms. The van der Waals surface area contributed by atoms with Crippen LogP contribution >= 0.6 is 0 Å². The van der Waals surface area contributed by atoms with Crippen LogP contribution in [0.3, 0.4) is 0 Å². The molecule has 1 aliphatic rings. The van der Waals surface area contributed by atoms with Crippen molar-refractivity contribution in [2.45, 2.75) is 31.8 Å². The maximum absolute atomic E-state index is 4.80. The topological polar surface area (TPSA) is 54.2 Å². The van der Waals surface area contributed by atoms with Gasteiger partial charge in [-0.1, -0.05) is 35.5 Å². The molecule has 1 N–H and O–H groups in total. The van der Waals surface area contributed by atoms with Crippen LogP contribution in [0, 0.1) is 0 Å². The first kappa shape index (κ1) is 14.2. The molecule has 1 aromatic heterocycles. The van der Waals surface area contributed by atoms with E-state index >= 15 is 0 Å². The van der Waals surface area contributed by atoms with E-state index in [9.17, 15) is 0 Å². The molecular weight excluding hydrogens is 264 g/mol. The zero-order chi connectivity index (χ0) is 14.7. The Morgan fingerprint density at radius 3 is 2.90 bits per heavy atom. The van der Waals surface area contributed by atoms with Crippen molar-refractivity contribution in [3.8, 4) is 0 Å². The first-order valence-electron chi connectivity index (χ1n) is 7.47. The fourth-order valence-electron chi connectivity index (χ4n) is 2.96. The van der Waals surface area contributed by atoms with Gasteiger partial charge < -0.3 is 9.84 Å². The molecule has 1 fully saturated rings. The van der Waals surface area contributed by atoms with Crippen molar-refractivity contribution in [2.75, 3.05) is 19.6 Å². The Kier molecular flexibility index (Phi) is 4.03. The molecule has 0 aliphatic carbocycles. The van der Waals surface area contributed by atoms with Gasteiger partial charge in [-0.2, -0.15) is 4.98 Å². The number of piperazine rings is 1. The average molecular weight is 286 g/mol. The van der Waals surface area contributed by atoms with Crippen LogP contribution in [0.25, 0.3) is 0 Å². The van der Waals surface area contributed by atoms with Crippen molar-refractivity contribution in [2.24, 2.45) is 0 Å². The lowest BCUT2D eigenvalue weighted by Gasteiger charge is -2.45. The number of nitrogens with one attached hydrogen (secondary N) is 1. The number of rotatable bonds is 4. The van der Waals surface area contributed by atoms with E-state index in [0.29, 0.717) is 6.04 Å². The smallest absolute Gasteiger partial charge is 0.213 e. The molecule has 2 atom stereocenters. The quantitative estimate of drug-likeness (QED) is 0.929. The molecule has 0 radical (unpaired) electrons. The number of hydrogen-bond donors (Lipinski definition) is 1. The Morgan fingerprint density at radius 2 is 2.19 bits per heavy atom. The molecule has 112 valence electrons. The summed E-state index contributed by atoms with van der Waals surface area (Å²) in [7, 11) is 0. The maximum Gasteiger partial charge on any atom is 0.213 e. The zero-order valence-electron chi connectivity index (χ0n) is 12.6. The van der Waals surface area contributed by atoms with Crippen LogP contribution in [-0.2, 0) is 12.0 Å². The monoisotopic (exact) mass is 286 g/mol. The van der Waals surface area contributed by atoms with E-state index in [4.69, 9.17) is 4.52 Å². The van der Waals surface area contributed by atoms with Gasteiger partial charge in [-0.25, -0.2) is 0 Å². The molecule has 2 heterocycles. The summed E-state index contributed by atoms with van der Waals surface area (Å²) in [6, 6.07) is 11.2. The van der Waals surface area contributed by atoms with E-state index in [1.165, 1.54) is 12.0 Å². The van der Waals surface area contributed by atoms with E-state index in [-0.39, 0.29) is 5.54 Å². The molecule has 1 aromatic carbocycles. The SMILES string of the molecule is CC1CNC(C)(c2ccccc2)CN1CCc1ncon1. The molecule has 1 aliphatic heterocycles. The minimum atomic E-state index is -0.00891. The Labute approximate surface area is 125 Å². The van der Waals surface area contributed by atoms with Crippen LogP contribution in [0.2, 0.25) is 0 Å². The molecule has 0 saturated carbocycles. The summed E-state index contributed by atoms with van der Waals surface area (Å²) in [5.74, 6) is 0.780. The lowest BCUT2D eigenvalue weighted by molar-refractivity contribution is 0.0951. The number of hydrogen-bond acceptors (Lipinski definition) is 5. The fourth-order valence-corrected chi connectivity index (χ4v) is 2.96. The second-order valence-corrected chi connectivity index (χ2v) is 6.00. The summed E-state index contributed by atoms with van der Waals surface area (Å²) in [5, 5.41) is 7.59. The zero-order valence-corrected chi connectivity index (χ0v) is 12.6. The second-order valence-electron chi connectivity index (χ2n) is 6.00. The summed E-state index contributed by atoms with van der Waals surface area (Å²) in [5.41, 5.74) is 1.33. The molecule has 2 aromatic rings. The van der Waals surface area contributed by atoms with Gasteiger partial charge in [0.25, 0.3) is 0 Å². The average Bonchev–Trinajstić information content (AvgIpc) is 3.03. The van der Waals surface area contributed by atoms with Gasteiger partial charge in [0.2, 0.25) is 6.39 Å². The third-order valence-corrected chi connectivity index (χ3v) is 4.37. The van der Waals surface area contributed by atoms with E-state index in [1.807, 2.05) is 0 Å². The highest BCUT2D eigenvalue weighted by molar-refractivity contribution is 5.25. The fraction of sp³-hybridized carbons (Fsp3) is 0.500. The summed E-state index contributed by atoms with van der Waals surface area (Å²) in [4.78, 5) is 6.60. The van der Waals surface area contributed by atoms with Gasteiger partial charge in [0.15, 0.2) is 5.82 Å². The normalized spacial score (nSPS) is 26.9. The van der Waals surface area contributed by atoms with Crippen molar-refractivity contribution in [1.29, 1.82) is 0 Å². The minimum Gasteiger partial charge on any atom is -0.343 e. The highest BCUT2D eigenvalue weighted by Crippen LogP contribution is 2.26. The van der Waals surface area contributed by atoms with Crippen molar-refractivity contribution in [3.05, 3.63) is 48.1 Å². The van der Waals surface area contributed by atoms with Crippen molar-refractivity contribution in [3.63, 3.8) is 0 Å². The number of nitrogens with zero attached hydrogens (tertiary/aromatic N) is 3. The molecular formula is C16H22N4O. The molecule has 0 bridgehead atoms. The minimum absolute atomic E-state index is 0.00891. The number of aromatic nitrogens is 2. The summed E-state index contributed by atoms with van der Waals surface area (Å²) in [6.07, 6.45) is 2.22. The van der Waals surface area contributed by atoms with E-state index in [0.717, 1.165) is 31.9 Å². The molecule has 5 nitrogen and oxygen atoms in total. The molecule has 2 unspecified atom stereocenters. The lowest BCUT2D eigenvalue weighted by Crippen LogP contribution is -2.60. The largest absolute Gasteiger partial charge is 0.343 e. The van der Waals surface area contributed by atoms with Gasteiger partial charge in [0.1, 0.15) is 0 Å². The van der Waals surface area contributed by atoms with Crippen LogP contribution in [0.15, 0.2) is 41.2 Å². The third-order valence-electron chi connectivity index (χ3n) is 4.37. The van der Waals surface area contributed by atoms with E-state index in [1.54, 1.807) is 0 Å². The van der Waals surface area contributed by atoms with Crippen molar-refractivity contribution < 1.29 is 4.52 Å². The Balaban J connectivity index is 1.69. The van der Waals surface area contributed by atoms with Gasteiger partial charge in [0.05, 0.1) is 5.54 Å². The lowest BCUT2D eigenvalue weighted by atomic mass is 9.88. The van der Waals surface area contributed by atoms with Gasteiger partial charge in [0, 0.05) is 32.1 Å². The Hall–Kier alpha value is -1.72. The van der Waals surface area contributed by atoms with Gasteiger partial charge in [-0.15, -0.1) is 0 Å². The van der Waals surface area contributed by atoms with Crippen LogP contribution in [0.1, 0.15) is 25.2 Å². The first-order valence-corrected chi connectivity index (χ1v) is 7.47. The second kappa shape index (κ2) is 5.95. The Bertz CT molecular complexity index is 557. The number of benzene rings is 1. The predicted molar refractivity (Wildman–Crippen MR) is 80.8 cm³/mol. The van der Waals surface area contributed by atoms with Gasteiger partial charge in [-0.3, -0.25) is 4.90 Å². The van der Waals surface area contributed by atoms with Crippen LogP contribution in [0.4, 0.5) is 0 Å².